The zero-order chi connectivity index (χ0) is 25.8. The maximum atomic E-state index is 13.4. The quantitative estimate of drug-likeness (QED) is 0.399. The molecule has 0 unspecified atom stereocenters. The average molecular weight is 498 g/mol. The molecule has 1 heterocycles. The molecule has 3 rings (SSSR count). The average Bonchev–Trinajstić information content (AvgIpc) is 3.19. The first-order valence-electron chi connectivity index (χ1n) is 11.8. The molecule has 0 N–H and O–H groups in total. The molecule has 35 heavy (non-hydrogen) atoms. The zero-order valence-electron chi connectivity index (χ0n) is 21.4. The van der Waals surface area contributed by atoms with Gasteiger partial charge < -0.3 is 14.2 Å². The van der Waals surface area contributed by atoms with Crippen LogP contribution in [0.4, 0.5) is 0 Å². The predicted octanol–water partition coefficient (Wildman–Crippen LogP) is 4.88. The monoisotopic (exact) mass is 497 g/mol. The normalized spacial score (nSPS) is 11.8. The Kier molecular flexibility index (Phi) is 8.38. The Hall–Kier alpha value is -3.13. The summed E-state index contributed by atoms with van der Waals surface area (Å²) < 4.78 is 33.9. The molecular formula is C27H35N3O4S. The number of amides is 1. The lowest BCUT2D eigenvalue weighted by molar-refractivity contribution is 0.0684. The second-order valence-corrected chi connectivity index (χ2v) is 11.4. The molecule has 1 aromatic heterocycles. The van der Waals surface area contributed by atoms with Crippen LogP contribution in [0.1, 0.15) is 54.9 Å². The molecule has 0 fully saturated rings. The Bertz CT molecular complexity index is 1280. The van der Waals surface area contributed by atoms with Gasteiger partial charge >= 0.3 is 0 Å². The highest BCUT2D eigenvalue weighted by Gasteiger charge is 2.27. The lowest BCUT2D eigenvalue weighted by atomic mass is 10.1. The molecule has 0 atom stereocenters. The standard InChI is InChI=1S/C27H35N3O4S/c1-19(2)16-30-23(17-29(20(3)4)26(31)25-13-8-7-10-21(25)5)15-28-27(30)35(32,33)18-22-11-9-12-24(14-22)34-6/h7-15,19-20H,16-18H2,1-6H3. The Labute approximate surface area is 208 Å². The van der Waals surface area contributed by atoms with Gasteiger partial charge in [0.1, 0.15) is 5.75 Å². The van der Waals surface area contributed by atoms with Crippen LogP contribution in [-0.2, 0) is 28.7 Å². The molecule has 0 saturated heterocycles. The molecule has 2 aromatic carbocycles. The number of benzene rings is 2. The minimum Gasteiger partial charge on any atom is -0.497 e. The van der Waals surface area contributed by atoms with Crippen molar-refractivity contribution in [2.75, 3.05) is 7.11 Å². The van der Waals surface area contributed by atoms with Crippen LogP contribution >= 0.6 is 0 Å². The van der Waals surface area contributed by atoms with Crippen LogP contribution in [0.15, 0.2) is 59.9 Å². The first kappa shape index (κ1) is 26.5. The summed E-state index contributed by atoms with van der Waals surface area (Å²) in [5.41, 5.74) is 2.87. The van der Waals surface area contributed by atoms with Gasteiger partial charge in [-0.2, -0.15) is 0 Å². The van der Waals surface area contributed by atoms with Crippen molar-refractivity contribution in [1.82, 2.24) is 14.5 Å². The number of aromatic nitrogens is 2. The van der Waals surface area contributed by atoms with Crippen LogP contribution in [0.3, 0.4) is 0 Å². The summed E-state index contributed by atoms with van der Waals surface area (Å²) in [7, 11) is -2.19. The lowest BCUT2D eigenvalue weighted by Gasteiger charge is -2.28. The van der Waals surface area contributed by atoms with Gasteiger partial charge in [-0.25, -0.2) is 13.4 Å². The van der Waals surface area contributed by atoms with Crippen molar-refractivity contribution in [1.29, 1.82) is 0 Å². The number of hydrogen-bond donors (Lipinski definition) is 0. The van der Waals surface area contributed by atoms with E-state index in [0.29, 0.717) is 29.1 Å². The zero-order valence-corrected chi connectivity index (χ0v) is 22.2. The highest BCUT2D eigenvalue weighted by atomic mass is 32.2. The fraction of sp³-hybridized carbons (Fsp3) is 0.407. The first-order chi connectivity index (χ1) is 16.5. The van der Waals surface area contributed by atoms with E-state index in [0.717, 1.165) is 5.56 Å². The number of hydrogen-bond acceptors (Lipinski definition) is 5. The van der Waals surface area contributed by atoms with E-state index in [2.05, 4.69) is 4.98 Å². The van der Waals surface area contributed by atoms with E-state index < -0.39 is 9.84 Å². The lowest BCUT2D eigenvalue weighted by Crippen LogP contribution is -2.37. The number of imidazole rings is 1. The van der Waals surface area contributed by atoms with Crippen molar-refractivity contribution in [3.05, 3.63) is 77.1 Å². The number of ether oxygens (including phenoxy) is 1. The Balaban J connectivity index is 1.97. The fourth-order valence-corrected chi connectivity index (χ4v) is 5.49. The van der Waals surface area contributed by atoms with E-state index >= 15 is 0 Å². The minimum atomic E-state index is -3.74. The predicted molar refractivity (Wildman–Crippen MR) is 137 cm³/mol. The van der Waals surface area contributed by atoms with E-state index in [-0.39, 0.29) is 35.3 Å². The van der Waals surface area contributed by atoms with Crippen LogP contribution < -0.4 is 4.74 Å². The largest absolute Gasteiger partial charge is 0.497 e. The topological polar surface area (TPSA) is 81.5 Å². The number of aryl methyl sites for hydroxylation is 1. The van der Waals surface area contributed by atoms with Crippen molar-refractivity contribution < 1.29 is 17.9 Å². The second-order valence-electron chi connectivity index (χ2n) is 9.49. The van der Waals surface area contributed by atoms with Gasteiger partial charge in [0.15, 0.2) is 0 Å². The maximum Gasteiger partial charge on any atom is 0.254 e. The molecular weight excluding hydrogens is 462 g/mol. The molecule has 0 spiro atoms. The van der Waals surface area contributed by atoms with Crippen LogP contribution in [0.2, 0.25) is 0 Å². The molecule has 0 aliphatic heterocycles. The smallest absolute Gasteiger partial charge is 0.254 e. The molecule has 188 valence electrons. The number of methoxy groups -OCH3 is 1. The highest BCUT2D eigenvalue weighted by Crippen LogP contribution is 2.23. The number of carbonyl (C=O) groups excluding carboxylic acids is 1. The van der Waals surface area contributed by atoms with Crippen LogP contribution in [-0.4, -0.2) is 41.9 Å². The van der Waals surface area contributed by atoms with Gasteiger partial charge in [-0.05, 0) is 56.0 Å². The van der Waals surface area contributed by atoms with Crippen molar-refractivity contribution in [2.24, 2.45) is 5.92 Å². The third kappa shape index (κ3) is 6.31. The summed E-state index contributed by atoms with van der Waals surface area (Å²) >= 11 is 0. The summed E-state index contributed by atoms with van der Waals surface area (Å²) in [6.45, 7) is 10.6. The summed E-state index contributed by atoms with van der Waals surface area (Å²) in [4.78, 5) is 19.5. The van der Waals surface area contributed by atoms with E-state index in [1.54, 1.807) is 47.0 Å². The third-order valence-corrected chi connectivity index (χ3v) is 7.41. The third-order valence-electron chi connectivity index (χ3n) is 5.81. The van der Waals surface area contributed by atoms with Crippen LogP contribution in [0, 0.1) is 12.8 Å². The van der Waals surface area contributed by atoms with Crippen LogP contribution in [0.25, 0.3) is 0 Å². The van der Waals surface area contributed by atoms with Crippen molar-refractivity contribution >= 4 is 15.7 Å². The first-order valence-corrected chi connectivity index (χ1v) is 13.5. The molecule has 3 aromatic rings. The van der Waals surface area contributed by atoms with E-state index in [9.17, 15) is 13.2 Å². The SMILES string of the molecule is COc1cccc(CS(=O)(=O)c2ncc(CN(C(=O)c3ccccc3C)C(C)C)n2CC(C)C)c1. The number of carbonyl (C=O) groups is 1. The van der Waals surface area contributed by atoms with Crippen molar-refractivity contribution in [3.8, 4) is 5.75 Å². The van der Waals surface area contributed by atoms with E-state index in [1.165, 1.54) is 0 Å². The van der Waals surface area contributed by atoms with E-state index in [1.807, 2.05) is 58.9 Å². The second kappa shape index (κ2) is 11.1. The summed E-state index contributed by atoms with van der Waals surface area (Å²) in [6.07, 6.45) is 1.58. The van der Waals surface area contributed by atoms with Gasteiger partial charge in [0, 0.05) is 18.2 Å². The van der Waals surface area contributed by atoms with Gasteiger partial charge in [-0.15, -0.1) is 0 Å². The van der Waals surface area contributed by atoms with E-state index in [4.69, 9.17) is 4.74 Å². The van der Waals surface area contributed by atoms with Gasteiger partial charge in [0.05, 0.1) is 31.3 Å². The summed E-state index contributed by atoms with van der Waals surface area (Å²) in [5.74, 6) is 0.519. The maximum absolute atomic E-state index is 13.4. The molecule has 7 nitrogen and oxygen atoms in total. The van der Waals surface area contributed by atoms with Crippen molar-refractivity contribution in [3.63, 3.8) is 0 Å². The van der Waals surface area contributed by atoms with Gasteiger partial charge in [-0.1, -0.05) is 44.2 Å². The van der Waals surface area contributed by atoms with Gasteiger partial charge in [-0.3, -0.25) is 4.79 Å². The molecule has 0 saturated carbocycles. The number of sulfone groups is 1. The molecule has 1 amide bonds. The number of nitrogens with zero attached hydrogens (tertiary/aromatic N) is 3. The molecule has 0 aliphatic carbocycles. The highest BCUT2D eigenvalue weighted by molar-refractivity contribution is 7.90. The number of rotatable bonds is 10. The van der Waals surface area contributed by atoms with Gasteiger partial charge in [0.2, 0.25) is 15.0 Å². The Morgan fingerprint density at radius 1 is 1.09 bits per heavy atom. The van der Waals surface area contributed by atoms with Crippen molar-refractivity contribution in [2.45, 2.75) is 64.7 Å². The van der Waals surface area contributed by atoms with Gasteiger partial charge in [0.25, 0.3) is 5.91 Å². The Morgan fingerprint density at radius 2 is 1.80 bits per heavy atom. The minimum absolute atomic E-state index is 0.0241. The molecule has 0 bridgehead atoms. The molecule has 8 heteroatoms. The summed E-state index contributed by atoms with van der Waals surface area (Å²) in [5, 5.41) is 0.0241. The summed E-state index contributed by atoms with van der Waals surface area (Å²) in [6, 6.07) is 14.4. The Morgan fingerprint density at radius 3 is 2.43 bits per heavy atom. The molecule has 0 radical (unpaired) electrons. The fourth-order valence-electron chi connectivity index (χ4n) is 4.00. The van der Waals surface area contributed by atoms with Crippen LogP contribution in [0.5, 0.6) is 5.75 Å². The molecule has 0 aliphatic rings.